The Morgan fingerprint density at radius 1 is 1.36 bits per heavy atom. The molecule has 1 aliphatic rings. The van der Waals surface area contributed by atoms with E-state index in [0.29, 0.717) is 24.6 Å². The van der Waals surface area contributed by atoms with E-state index in [-0.39, 0.29) is 17.6 Å². The molecule has 0 bridgehead atoms. The molecule has 1 atom stereocenters. The molecule has 0 unspecified atom stereocenters. The molecular weight excluding hydrogens is 282 g/mol. The lowest BCUT2D eigenvalue weighted by Gasteiger charge is -2.17. The Bertz CT molecular complexity index is 541. The first kappa shape index (κ1) is 16.5. The molecule has 1 aromatic rings. The van der Waals surface area contributed by atoms with E-state index in [4.69, 9.17) is 9.84 Å². The van der Waals surface area contributed by atoms with Crippen LogP contribution in [-0.4, -0.2) is 47.7 Å². The Labute approximate surface area is 130 Å². The SMILES string of the molecule is CC(C)CCO[C@@H]1CCN(C(=O)c2cccc(C(=O)O)c2)C1. The maximum atomic E-state index is 12.4. The van der Waals surface area contributed by atoms with Crippen LogP contribution in [0.15, 0.2) is 24.3 Å². The van der Waals surface area contributed by atoms with Gasteiger partial charge in [-0.05, 0) is 37.0 Å². The monoisotopic (exact) mass is 305 g/mol. The largest absolute Gasteiger partial charge is 0.478 e. The van der Waals surface area contributed by atoms with Crippen LogP contribution in [-0.2, 0) is 4.74 Å². The molecule has 2 rings (SSSR count). The number of rotatable bonds is 6. The maximum Gasteiger partial charge on any atom is 0.335 e. The van der Waals surface area contributed by atoms with Crippen molar-refractivity contribution in [3.05, 3.63) is 35.4 Å². The topological polar surface area (TPSA) is 66.8 Å². The second-order valence-electron chi connectivity index (χ2n) is 6.10. The zero-order valence-electron chi connectivity index (χ0n) is 13.1. The highest BCUT2D eigenvalue weighted by atomic mass is 16.5. The summed E-state index contributed by atoms with van der Waals surface area (Å²) in [5.74, 6) is -0.540. The zero-order chi connectivity index (χ0) is 16.1. The van der Waals surface area contributed by atoms with Gasteiger partial charge in [0.05, 0.1) is 11.7 Å². The molecule has 1 amide bonds. The van der Waals surface area contributed by atoms with Crippen molar-refractivity contribution in [2.75, 3.05) is 19.7 Å². The predicted molar refractivity (Wildman–Crippen MR) is 83.1 cm³/mol. The molecule has 1 N–H and O–H groups in total. The molecule has 0 saturated carbocycles. The standard InChI is InChI=1S/C17H23NO4/c1-12(2)7-9-22-15-6-8-18(11-15)16(19)13-4-3-5-14(10-13)17(20)21/h3-5,10,12,15H,6-9,11H2,1-2H3,(H,20,21)/t15-/m1/s1. The van der Waals surface area contributed by atoms with Gasteiger partial charge in [-0.25, -0.2) is 4.79 Å². The number of carboxylic acid groups (broad SMARTS) is 1. The molecule has 5 heteroatoms. The minimum atomic E-state index is -1.02. The van der Waals surface area contributed by atoms with E-state index in [1.165, 1.54) is 12.1 Å². The van der Waals surface area contributed by atoms with Gasteiger partial charge in [-0.1, -0.05) is 19.9 Å². The van der Waals surface area contributed by atoms with E-state index in [9.17, 15) is 9.59 Å². The number of amides is 1. The normalized spacial score (nSPS) is 18.0. The number of hydrogen-bond donors (Lipinski definition) is 1. The van der Waals surface area contributed by atoms with Gasteiger partial charge >= 0.3 is 5.97 Å². The third-order valence-corrected chi connectivity index (χ3v) is 3.84. The van der Waals surface area contributed by atoms with E-state index in [1.807, 2.05) is 0 Å². The van der Waals surface area contributed by atoms with Gasteiger partial charge in [-0.2, -0.15) is 0 Å². The Morgan fingerprint density at radius 3 is 2.77 bits per heavy atom. The van der Waals surface area contributed by atoms with Crippen molar-refractivity contribution in [2.45, 2.75) is 32.8 Å². The van der Waals surface area contributed by atoms with Crippen LogP contribution < -0.4 is 0 Å². The summed E-state index contributed by atoms with van der Waals surface area (Å²) in [5.41, 5.74) is 0.553. The van der Waals surface area contributed by atoms with E-state index in [0.717, 1.165) is 19.4 Å². The molecule has 5 nitrogen and oxygen atoms in total. The Hall–Kier alpha value is -1.88. The minimum absolute atomic E-state index is 0.0883. The van der Waals surface area contributed by atoms with Crippen LogP contribution in [0.2, 0.25) is 0 Å². The van der Waals surface area contributed by atoms with Gasteiger partial charge in [0.1, 0.15) is 0 Å². The van der Waals surface area contributed by atoms with E-state index in [1.54, 1.807) is 17.0 Å². The number of carbonyl (C=O) groups is 2. The van der Waals surface area contributed by atoms with Crippen LogP contribution in [0.4, 0.5) is 0 Å². The van der Waals surface area contributed by atoms with Gasteiger partial charge in [0, 0.05) is 25.3 Å². The number of carbonyl (C=O) groups excluding carboxylic acids is 1. The summed E-state index contributed by atoms with van der Waals surface area (Å²) in [7, 11) is 0. The van der Waals surface area contributed by atoms with Gasteiger partial charge < -0.3 is 14.7 Å². The van der Waals surface area contributed by atoms with E-state index >= 15 is 0 Å². The first-order valence-electron chi connectivity index (χ1n) is 7.71. The van der Waals surface area contributed by atoms with Crippen LogP contribution in [0, 0.1) is 5.92 Å². The minimum Gasteiger partial charge on any atom is -0.478 e. The number of aromatic carboxylic acids is 1. The number of benzene rings is 1. The van der Waals surface area contributed by atoms with Crippen LogP contribution >= 0.6 is 0 Å². The lowest BCUT2D eigenvalue weighted by atomic mass is 10.1. The highest BCUT2D eigenvalue weighted by Gasteiger charge is 2.27. The summed E-state index contributed by atoms with van der Waals surface area (Å²) >= 11 is 0. The molecule has 1 heterocycles. The Morgan fingerprint density at radius 2 is 2.09 bits per heavy atom. The average molecular weight is 305 g/mol. The third-order valence-electron chi connectivity index (χ3n) is 3.84. The van der Waals surface area contributed by atoms with Gasteiger partial charge in [0.15, 0.2) is 0 Å². The van der Waals surface area contributed by atoms with Gasteiger partial charge in [0.25, 0.3) is 5.91 Å². The summed E-state index contributed by atoms with van der Waals surface area (Å²) in [6.45, 7) is 6.27. The number of ether oxygens (including phenoxy) is 1. The highest BCUT2D eigenvalue weighted by Crippen LogP contribution is 2.17. The van der Waals surface area contributed by atoms with Crippen molar-refractivity contribution >= 4 is 11.9 Å². The van der Waals surface area contributed by atoms with Gasteiger partial charge in [-0.15, -0.1) is 0 Å². The fourth-order valence-corrected chi connectivity index (χ4v) is 2.49. The molecule has 0 spiro atoms. The molecule has 120 valence electrons. The Kier molecular flexibility index (Phi) is 5.55. The lowest BCUT2D eigenvalue weighted by molar-refractivity contribution is 0.0484. The van der Waals surface area contributed by atoms with Crippen molar-refractivity contribution in [2.24, 2.45) is 5.92 Å². The lowest BCUT2D eigenvalue weighted by Crippen LogP contribution is -2.30. The van der Waals surface area contributed by atoms with Crippen LogP contribution in [0.5, 0.6) is 0 Å². The summed E-state index contributed by atoms with van der Waals surface area (Å²) < 4.78 is 5.80. The van der Waals surface area contributed by atoms with Gasteiger partial charge in [-0.3, -0.25) is 4.79 Å². The summed E-state index contributed by atoms with van der Waals surface area (Å²) in [5, 5.41) is 9.00. The molecule has 1 aliphatic heterocycles. The number of hydrogen-bond acceptors (Lipinski definition) is 3. The number of likely N-dealkylation sites (tertiary alicyclic amines) is 1. The molecule has 1 aromatic carbocycles. The van der Waals surface area contributed by atoms with Crippen LogP contribution in [0.3, 0.4) is 0 Å². The third kappa shape index (κ3) is 4.31. The summed E-state index contributed by atoms with van der Waals surface area (Å²) in [6.07, 6.45) is 1.94. The molecule has 0 aromatic heterocycles. The fraction of sp³-hybridized carbons (Fsp3) is 0.529. The van der Waals surface area contributed by atoms with Crippen molar-refractivity contribution in [3.63, 3.8) is 0 Å². The van der Waals surface area contributed by atoms with Crippen molar-refractivity contribution in [1.82, 2.24) is 4.90 Å². The predicted octanol–water partition coefficient (Wildman–Crippen LogP) is 2.66. The summed E-state index contributed by atoms with van der Waals surface area (Å²) in [4.78, 5) is 25.1. The van der Waals surface area contributed by atoms with E-state index in [2.05, 4.69) is 13.8 Å². The van der Waals surface area contributed by atoms with Crippen molar-refractivity contribution < 1.29 is 19.4 Å². The molecule has 22 heavy (non-hydrogen) atoms. The second kappa shape index (κ2) is 7.40. The smallest absolute Gasteiger partial charge is 0.335 e. The number of nitrogens with zero attached hydrogens (tertiary/aromatic N) is 1. The molecule has 1 fully saturated rings. The van der Waals surface area contributed by atoms with E-state index < -0.39 is 5.97 Å². The van der Waals surface area contributed by atoms with Gasteiger partial charge in [0.2, 0.25) is 0 Å². The van der Waals surface area contributed by atoms with Crippen LogP contribution in [0.25, 0.3) is 0 Å². The van der Waals surface area contributed by atoms with Crippen molar-refractivity contribution in [1.29, 1.82) is 0 Å². The number of carboxylic acids is 1. The fourth-order valence-electron chi connectivity index (χ4n) is 2.49. The molecule has 0 aliphatic carbocycles. The summed E-state index contributed by atoms with van der Waals surface area (Å²) in [6, 6.07) is 6.17. The van der Waals surface area contributed by atoms with Crippen LogP contribution in [0.1, 0.15) is 47.4 Å². The quantitative estimate of drug-likeness (QED) is 0.877. The highest BCUT2D eigenvalue weighted by molar-refractivity contribution is 5.97. The first-order chi connectivity index (χ1) is 10.5. The average Bonchev–Trinajstić information content (AvgIpc) is 2.95. The zero-order valence-corrected chi connectivity index (χ0v) is 13.1. The molecule has 1 saturated heterocycles. The molecule has 0 radical (unpaired) electrons. The first-order valence-corrected chi connectivity index (χ1v) is 7.71. The second-order valence-corrected chi connectivity index (χ2v) is 6.10. The van der Waals surface area contributed by atoms with Crippen molar-refractivity contribution in [3.8, 4) is 0 Å². The Balaban J connectivity index is 1.91. The maximum absolute atomic E-state index is 12.4. The molecular formula is C17H23NO4.